The highest BCUT2D eigenvalue weighted by atomic mass is 16.5. The van der Waals surface area contributed by atoms with Gasteiger partial charge >= 0.3 is 0 Å². The standard InChI is InChI=1S/C10H20N2O3/c1-10(2)7-12(9(14)4-11-3)5-8(6-13)15-10/h8,11,13H,4-7H2,1-3H3. The number of ether oxygens (including phenoxy) is 1. The summed E-state index contributed by atoms with van der Waals surface area (Å²) in [5.74, 6) is 0.0484. The number of hydrogen-bond acceptors (Lipinski definition) is 4. The maximum atomic E-state index is 11.7. The molecule has 2 N–H and O–H groups in total. The third-order valence-corrected chi connectivity index (χ3v) is 2.37. The van der Waals surface area contributed by atoms with E-state index in [0.29, 0.717) is 19.6 Å². The molecule has 0 spiro atoms. The lowest BCUT2D eigenvalue weighted by molar-refractivity contribution is -0.166. The second-order valence-electron chi connectivity index (χ2n) is 4.49. The molecule has 0 bridgehead atoms. The molecule has 1 atom stereocenters. The Morgan fingerprint density at radius 2 is 2.33 bits per heavy atom. The SMILES string of the molecule is CNCC(=O)N1CC(CO)OC(C)(C)C1. The van der Waals surface area contributed by atoms with E-state index in [9.17, 15) is 4.79 Å². The van der Waals surface area contributed by atoms with Gasteiger partial charge < -0.3 is 20.1 Å². The quantitative estimate of drug-likeness (QED) is 0.648. The number of hydrogen-bond donors (Lipinski definition) is 2. The van der Waals surface area contributed by atoms with E-state index in [1.165, 1.54) is 0 Å². The molecule has 1 heterocycles. The molecule has 1 amide bonds. The molecule has 0 aromatic rings. The summed E-state index contributed by atoms with van der Waals surface area (Å²) in [6.45, 7) is 5.17. The van der Waals surface area contributed by atoms with Crippen molar-refractivity contribution in [1.29, 1.82) is 0 Å². The molecule has 0 aromatic heterocycles. The predicted octanol–water partition coefficient (Wildman–Crippen LogP) is -0.796. The van der Waals surface area contributed by atoms with Crippen LogP contribution in [0.3, 0.4) is 0 Å². The number of amides is 1. The van der Waals surface area contributed by atoms with E-state index >= 15 is 0 Å². The number of rotatable bonds is 3. The lowest BCUT2D eigenvalue weighted by atomic mass is 10.1. The van der Waals surface area contributed by atoms with Crippen molar-refractivity contribution in [2.24, 2.45) is 0 Å². The second-order valence-corrected chi connectivity index (χ2v) is 4.49. The number of likely N-dealkylation sites (N-methyl/N-ethyl adjacent to an activating group) is 1. The zero-order valence-electron chi connectivity index (χ0n) is 9.62. The molecule has 1 rings (SSSR count). The van der Waals surface area contributed by atoms with Gasteiger partial charge in [-0.3, -0.25) is 4.79 Å². The van der Waals surface area contributed by atoms with Gasteiger partial charge in [0.1, 0.15) is 0 Å². The Labute approximate surface area is 90.4 Å². The highest BCUT2D eigenvalue weighted by Crippen LogP contribution is 2.20. The van der Waals surface area contributed by atoms with Gasteiger partial charge in [-0.05, 0) is 20.9 Å². The molecule has 0 aliphatic carbocycles. The summed E-state index contributed by atoms with van der Waals surface area (Å²) in [6.07, 6.45) is -0.269. The van der Waals surface area contributed by atoms with Crippen molar-refractivity contribution in [3.63, 3.8) is 0 Å². The van der Waals surface area contributed by atoms with E-state index in [0.717, 1.165) is 0 Å². The van der Waals surface area contributed by atoms with Gasteiger partial charge in [-0.25, -0.2) is 0 Å². The molecule has 0 aromatic carbocycles. The molecule has 0 saturated carbocycles. The van der Waals surface area contributed by atoms with E-state index in [1.54, 1.807) is 11.9 Å². The van der Waals surface area contributed by atoms with Gasteiger partial charge in [0.2, 0.25) is 5.91 Å². The Balaban J connectivity index is 2.61. The van der Waals surface area contributed by atoms with Crippen molar-refractivity contribution >= 4 is 5.91 Å². The highest BCUT2D eigenvalue weighted by Gasteiger charge is 2.34. The van der Waals surface area contributed by atoms with Gasteiger partial charge in [-0.2, -0.15) is 0 Å². The lowest BCUT2D eigenvalue weighted by Gasteiger charge is -2.42. The molecule has 5 nitrogen and oxygen atoms in total. The summed E-state index contributed by atoms with van der Waals surface area (Å²) in [5, 5.41) is 11.9. The van der Waals surface area contributed by atoms with E-state index in [4.69, 9.17) is 9.84 Å². The summed E-state index contributed by atoms with van der Waals surface area (Å²) >= 11 is 0. The number of morpholine rings is 1. The van der Waals surface area contributed by atoms with Crippen LogP contribution in [0, 0.1) is 0 Å². The molecular formula is C10H20N2O3. The maximum absolute atomic E-state index is 11.7. The van der Waals surface area contributed by atoms with Crippen LogP contribution in [-0.4, -0.2) is 60.9 Å². The first kappa shape index (κ1) is 12.4. The average molecular weight is 216 g/mol. The normalized spacial score (nSPS) is 25.3. The smallest absolute Gasteiger partial charge is 0.236 e. The van der Waals surface area contributed by atoms with Crippen molar-refractivity contribution < 1.29 is 14.6 Å². The van der Waals surface area contributed by atoms with Crippen LogP contribution in [0.15, 0.2) is 0 Å². The minimum absolute atomic E-state index is 0.0484. The van der Waals surface area contributed by atoms with Crippen molar-refractivity contribution in [2.45, 2.75) is 25.6 Å². The number of aliphatic hydroxyl groups is 1. The Kier molecular flexibility index (Phi) is 4.07. The fraction of sp³-hybridized carbons (Fsp3) is 0.900. The van der Waals surface area contributed by atoms with Crippen molar-refractivity contribution in [3.8, 4) is 0 Å². The van der Waals surface area contributed by atoms with Crippen molar-refractivity contribution in [2.75, 3.05) is 33.3 Å². The van der Waals surface area contributed by atoms with Crippen molar-refractivity contribution in [1.82, 2.24) is 10.2 Å². The first-order valence-corrected chi connectivity index (χ1v) is 5.19. The number of carbonyl (C=O) groups is 1. The van der Waals surface area contributed by atoms with E-state index < -0.39 is 0 Å². The topological polar surface area (TPSA) is 61.8 Å². The van der Waals surface area contributed by atoms with Crippen LogP contribution in [0.4, 0.5) is 0 Å². The predicted molar refractivity (Wildman–Crippen MR) is 56.5 cm³/mol. The van der Waals surface area contributed by atoms with Gasteiger partial charge in [-0.1, -0.05) is 0 Å². The summed E-state index contributed by atoms with van der Waals surface area (Å²) < 4.78 is 5.62. The molecule has 15 heavy (non-hydrogen) atoms. The molecule has 5 heteroatoms. The molecule has 1 unspecified atom stereocenters. The van der Waals surface area contributed by atoms with Crippen LogP contribution >= 0.6 is 0 Å². The van der Waals surface area contributed by atoms with Gasteiger partial charge in [0.25, 0.3) is 0 Å². The summed E-state index contributed by atoms with van der Waals surface area (Å²) in [7, 11) is 1.74. The van der Waals surface area contributed by atoms with E-state index in [-0.39, 0.29) is 24.2 Å². The summed E-state index contributed by atoms with van der Waals surface area (Å²) in [5.41, 5.74) is -0.380. The molecule has 1 fully saturated rings. The highest BCUT2D eigenvalue weighted by molar-refractivity contribution is 5.78. The minimum atomic E-state index is -0.380. The van der Waals surface area contributed by atoms with Gasteiger partial charge in [-0.15, -0.1) is 0 Å². The number of carbonyl (C=O) groups excluding carboxylic acids is 1. The zero-order chi connectivity index (χ0) is 11.5. The van der Waals surface area contributed by atoms with Crippen LogP contribution in [0.2, 0.25) is 0 Å². The van der Waals surface area contributed by atoms with Crippen LogP contribution in [0.5, 0.6) is 0 Å². The largest absolute Gasteiger partial charge is 0.394 e. The number of nitrogens with one attached hydrogen (secondary N) is 1. The third-order valence-electron chi connectivity index (χ3n) is 2.37. The Morgan fingerprint density at radius 3 is 2.87 bits per heavy atom. The Morgan fingerprint density at radius 1 is 1.67 bits per heavy atom. The maximum Gasteiger partial charge on any atom is 0.236 e. The van der Waals surface area contributed by atoms with Gasteiger partial charge in [0.05, 0.1) is 24.9 Å². The first-order chi connectivity index (χ1) is 6.98. The summed E-state index contributed by atoms with van der Waals surface area (Å²) in [4.78, 5) is 13.4. The minimum Gasteiger partial charge on any atom is -0.394 e. The molecule has 1 saturated heterocycles. The van der Waals surface area contributed by atoms with Gasteiger partial charge in [0, 0.05) is 13.1 Å². The van der Waals surface area contributed by atoms with Gasteiger partial charge in [0.15, 0.2) is 0 Å². The second kappa shape index (κ2) is 4.92. The monoisotopic (exact) mass is 216 g/mol. The fourth-order valence-corrected chi connectivity index (χ4v) is 1.84. The number of aliphatic hydroxyl groups excluding tert-OH is 1. The number of nitrogens with zero attached hydrogens (tertiary/aromatic N) is 1. The van der Waals surface area contributed by atoms with Crippen LogP contribution in [0.25, 0.3) is 0 Å². The van der Waals surface area contributed by atoms with E-state index in [2.05, 4.69) is 5.32 Å². The van der Waals surface area contributed by atoms with Crippen LogP contribution < -0.4 is 5.32 Å². The van der Waals surface area contributed by atoms with E-state index in [1.807, 2.05) is 13.8 Å². The summed E-state index contributed by atoms with van der Waals surface area (Å²) in [6, 6.07) is 0. The third kappa shape index (κ3) is 3.44. The Hall–Kier alpha value is -0.650. The van der Waals surface area contributed by atoms with Crippen LogP contribution in [0.1, 0.15) is 13.8 Å². The van der Waals surface area contributed by atoms with Crippen molar-refractivity contribution in [3.05, 3.63) is 0 Å². The molecule has 1 aliphatic rings. The fourth-order valence-electron chi connectivity index (χ4n) is 1.84. The lowest BCUT2D eigenvalue weighted by Crippen LogP contribution is -2.56. The van der Waals surface area contributed by atoms with Crippen LogP contribution in [-0.2, 0) is 9.53 Å². The zero-order valence-corrected chi connectivity index (χ0v) is 9.62. The molecule has 1 aliphatic heterocycles. The molecule has 0 radical (unpaired) electrons. The molecular weight excluding hydrogens is 196 g/mol. The molecule has 88 valence electrons. The first-order valence-electron chi connectivity index (χ1n) is 5.19. The average Bonchev–Trinajstić information content (AvgIpc) is 2.15. The Bertz CT molecular complexity index is 231.